The monoisotopic (exact) mass is 311 g/mol. The standard InChI is InChI=1S/C12H13N3O5S/c1-7-4-11(13-20-7)14-21(18,19)9-5-10(12(16)17)15(6-9)8-2-3-8/h4-6,8H,2-3H2,1H3,(H,13,14)(H,16,17). The Bertz CT molecular complexity index is 801. The highest BCUT2D eigenvalue weighted by Crippen LogP contribution is 2.37. The van der Waals surface area contributed by atoms with Gasteiger partial charge in [0.05, 0.1) is 0 Å². The van der Waals surface area contributed by atoms with Gasteiger partial charge < -0.3 is 14.2 Å². The number of aromatic carboxylic acids is 1. The fraction of sp³-hybridized carbons (Fsp3) is 0.333. The van der Waals surface area contributed by atoms with Crippen molar-refractivity contribution < 1.29 is 22.8 Å². The molecular formula is C12H13N3O5S. The summed E-state index contributed by atoms with van der Waals surface area (Å²) in [5, 5.41) is 12.7. The van der Waals surface area contributed by atoms with E-state index in [1.54, 1.807) is 6.92 Å². The Morgan fingerprint density at radius 2 is 2.19 bits per heavy atom. The highest BCUT2D eigenvalue weighted by Gasteiger charge is 2.30. The van der Waals surface area contributed by atoms with Crippen LogP contribution < -0.4 is 4.72 Å². The molecule has 0 aromatic carbocycles. The molecule has 1 aliphatic carbocycles. The Kier molecular flexibility index (Phi) is 3.01. The Morgan fingerprint density at radius 3 is 2.71 bits per heavy atom. The smallest absolute Gasteiger partial charge is 0.352 e. The number of aryl methyl sites for hydroxylation is 1. The molecule has 0 spiro atoms. The molecule has 0 bridgehead atoms. The summed E-state index contributed by atoms with van der Waals surface area (Å²) < 4.78 is 33.0. The minimum absolute atomic E-state index is 0.0331. The molecule has 0 amide bonds. The van der Waals surface area contributed by atoms with Gasteiger partial charge in [-0.25, -0.2) is 13.2 Å². The van der Waals surface area contributed by atoms with Gasteiger partial charge in [-0.2, -0.15) is 0 Å². The molecule has 9 heteroatoms. The van der Waals surface area contributed by atoms with Gasteiger partial charge in [0, 0.05) is 18.3 Å². The molecule has 0 saturated heterocycles. The zero-order valence-corrected chi connectivity index (χ0v) is 11.9. The van der Waals surface area contributed by atoms with E-state index in [-0.39, 0.29) is 22.4 Å². The molecule has 2 aromatic heterocycles. The van der Waals surface area contributed by atoms with Gasteiger partial charge in [0.1, 0.15) is 16.3 Å². The van der Waals surface area contributed by atoms with Crippen molar-refractivity contribution in [1.82, 2.24) is 9.72 Å². The van der Waals surface area contributed by atoms with Gasteiger partial charge in [0.25, 0.3) is 10.0 Å². The highest BCUT2D eigenvalue weighted by molar-refractivity contribution is 7.92. The molecule has 1 saturated carbocycles. The normalized spacial score (nSPS) is 15.1. The van der Waals surface area contributed by atoms with Crippen molar-refractivity contribution in [3.05, 3.63) is 29.8 Å². The third-order valence-corrected chi connectivity index (χ3v) is 4.48. The number of aromatic nitrogens is 2. The van der Waals surface area contributed by atoms with Crippen LogP contribution in [0.1, 0.15) is 35.1 Å². The largest absolute Gasteiger partial charge is 0.477 e. The molecule has 0 unspecified atom stereocenters. The minimum atomic E-state index is -3.90. The second-order valence-electron chi connectivity index (χ2n) is 4.93. The number of rotatable bonds is 5. The Morgan fingerprint density at radius 1 is 1.48 bits per heavy atom. The first-order valence-corrected chi connectivity index (χ1v) is 7.76. The van der Waals surface area contributed by atoms with E-state index in [0.29, 0.717) is 5.76 Å². The summed E-state index contributed by atoms with van der Waals surface area (Å²) in [6.45, 7) is 1.64. The minimum Gasteiger partial charge on any atom is -0.477 e. The molecule has 0 radical (unpaired) electrons. The van der Waals surface area contributed by atoms with Crippen LogP contribution in [0.4, 0.5) is 5.82 Å². The Hall–Kier alpha value is -2.29. The predicted octanol–water partition coefficient (Wildman–Crippen LogP) is 1.62. The molecule has 21 heavy (non-hydrogen) atoms. The predicted molar refractivity (Wildman–Crippen MR) is 71.7 cm³/mol. The molecule has 1 aliphatic rings. The number of sulfonamides is 1. The number of anilines is 1. The number of carboxylic acid groups (broad SMARTS) is 1. The van der Waals surface area contributed by atoms with Gasteiger partial charge in [-0.1, -0.05) is 5.16 Å². The molecule has 8 nitrogen and oxygen atoms in total. The van der Waals surface area contributed by atoms with Gasteiger partial charge in [-0.15, -0.1) is 0 Å². The maximum Gasteiger partial charge on any atom is 0.352 e. The number of nitrogens with zero attached hydrogens (tertiary/aromatic N) is 2. The molecule has 1 fully saturated rings. The van der Waals surface area contributed by atoms with Gasteiger partial charge in [-0.3, -0.25) is 4.72 Å². The maximum atomic E-state index is 12.2. The van der Waals surface area contributed by atoms with E-state index in [2.05, 4.69) is 9.88 Å². The van der Waals surface area contributed by atoms with Gasteiger partial charge in [-0.05, 0) is 25.8 Å². The van der Waals surface area contributed by atoms with Crippen molar-refractivity contribution in [3.63, 3.8) is 0 Å². The SMILES string of the molecule is Cc1cc(NS(=O)(=O)c2cc(C(=O)O)n(C3CC3)c2)no1. The fourth-order valence-corrected chi connectivity index (χ4v) is 3.05. The van der Waals surface area contributed by atoms with Crippen molar-refractivity contribution in [2.45, 2.75) is 30.7 Å². The van der Waals surface area contributed by atoms with Crippen LogP contribution in [-0.2, 0) is 10.0 Å². The van der Waals surface area contributed by atoms with Gasteiger partial charge in [0.15, 0.2) is 5.82 Å². The van der Waals surface area contributed by atoms with Crippen molar-refractivity contribution >= 4 is 21.8 Å². The van der Waals surface area contributed by atoms with Gasteiger partial charge >= 0.3 is 5.97 Å². The lowest BCUT2D eigenvalue weighted by Gasteiger charge is -2.02. The van der Waals surface area contributed by atoms with Crippen molar-refractivity contribution in [2.24, 2.45) is 0 Å². The number of carboxylic acids is 1. The van der Waals surface area contributed by atoms with E-state index >= 15 is 0 Å². The van der Waals surface area contributed by atoms with Crippen molar-refractivity contribution in [2.75, 3.05) is 4.72 Å². The zero-order chi connectivity index (χ0) is 15.2. The summed E-state index contributed by atoms with van der Waals surface area (Å²) in [4.78, 5) is 11.1. The molecule has 112 valence electrons. The van der Waals surface area contributed by atoms with Crippen LogP contribution in [0.15, 0.2) is 27.7 Å². The topological polar surface area (TPSA) is 114 Å². The number of carbonyl (C=O) groups is 1. The van der Waals surface area contributed by atoms with Crippen molar-refractivity contribution in [3.8, 4) is 0 Å². The van der Waals surface area contributed by atoms with Crippen LogP contribution in [0, 0.1) is 6.92 Å². The van der Waals surface area contributed by atoms with E-state index in [1.165, 1.54) is 16.8 Å². The number of hydrogen-bond acceptors (Lipinski definition) is 5. The summed E-state index contributed by atoms with van der Waals surface area (Å²) in [5.74, 6) is -0.626. The summed E-state index contributed by atoms with van der Waals surface area (Å²) in [5.41, 5.74) is -0.0331. The van der Waals surface area contributed by atoms with Crippen LogP contribution in [0.5, 0.6) is 0 Å². The molecule has 0 atom stereocenters. The third-order valence-electron chi connectivity index (χ3n) is 3.16. The molecule has 0 aliphatic heterocycles. The summed E-state index contributed by atoms with van der Waals surface area (Å²) >= 11 is 0. The maximum absolute atomic E-state index is 12.2. The van der Waals surface area contributed by atoms with E-state index in [1.807, 2.05) is 0 Å². The highest BCUT2D eigenvalue weighted by atomic mass is 32.2. The molecule has 2 aromatic rings. The third kappa shape index (κ3) is 2.64. The van der Waals surface area contributed by atoms with Crippen LogP contribution >= 0.6 is 0 Å². The Balaban J connectivity index is 1.95. The average Bonchev–Trinajstić information content (AvgIpc) is 2.99. The lowest BCUT2D eigenvalue weighted by molar-refractivity contribution is 0.0685. The summed E-state index contributed by atoms with van der Waals surface area (Å²) in [6.07, 6.45) is 3.05. The quantitative estimate of drug-likeness (QED) is 0.867. The lowest BCUT2D eigenvalue weighted by atomic mass is 10.4. The molecule has 2 heterocycles. The second-order valence-corrected chi connectivity index (χ2v) is 6.62. The molecule has 3 rings (SSSR count). The van der Waals surface area contributed by atoms with Gasteiger partial charge in [0.2, 0.25) is 0 Å². The second kappa shape index (κ2) is 4.62. The fourth-order valence-electron chi connectivity index (χ4n) is 2.04. The van der Waals surface area contributed by atoms with E-state index in [9.17, 15) is 13.2 Å². The number of hydrogen-bond donors (Lipinski definition) is 2. The van der Waals surface area contributed by atoms with Crippen molar-refractivity contribution in [1.29, 1.82) is 0 Å². The van der Waals surface area contributed by atoms with E-state index in [4.69, 9.17) is 9.63 Å². The first kappa shape index (κ1) is 13.7. The number of nitrogens with one attached hydrogen (secondary N) is 1. The molecule has 2 N–H and O–H groups in total. The van der Waals surface area contributed by atoms with Crippen LogP contribution in [0.25, 0.3) is 0 Å². The zero-order valence-electron chi connectivity index (χ0n) is 11.1. The molecular weight excluding hydrogens is 298 g/mol. The first-order chi connectivity index (χ1) is 9.87. The van der Waals surface area contributed by atoms with Crippen LogP contribution in [-0.4, -0.2) is 29.2 Å². The van der Waals surface area contributed by atoms with E-state index < -0.39 is 16.0 Å². The van der Waals surface area contributed by atoms with E-state index in [0.717, 1.165) is 18.9 Å². The van der Waals surface area contributed by atoms with Crippen LogP contribution in [0.2, 0.25) is 0 Å². The summed E-state index contributed by atoms with van der Waals surface area (Å²) in [7, 11) is -3.90. The first-order valence-electron chi connectivity index (χ1n) is 6.28. The van der Waals surface area contributed by atoms with Crippen LogP contribution in [0.3, 0.4) is 0 Å². The average molecular weight is 311 g/mol. The Labute approximate surface area is 120 Å². The lowest BCUT2D eigenvalue weighted by Crippen LogP contribution is -2.12. The summed E-state index contributed by atoms with van der Waals surface area (Å²) in [6, 6.07) is 2.65.